The standard InChI is InChI=1S/C20H27FN4S2.HI/c1-22-20(23-9-13-27-19-4-2-17(21)3-5-19)24-18-6-10-25(11-7-18)14-16-8-12-26-15-16;/h2-5,8,12,15,18H,6-7,9-11,13-14H2,1H3,(H2,22,23,24);1H. The second-order valence-electron chi connectivity index (χ2n) is 6.63. The smallest absolute Gasteiger partial charge is 0.191 e. The molecule has 2 heterocycles. The van der Waals surface area contributed by atoms with Crippen molar-refractivity contribution < 1.29 is 4.39 Å². The number of halogens is 2. The van der Waals surface area contributed by atoms with Crippen LogP contribution in [0.4, 0.5) is 4.39 Å². The lowest BCUT2D eigenvalue weighted by atomic mass is 10.0. The molecule has 0 saturated carbocycles. The predicted molar refractivity (Wildman–Crippen MR) is 130 cm³/mol. The van der Waals surface area contributed by atoms with E-state index < -0.39 is 0 Å². The van der Waals surface area contributed by atoms with Crippen molar-refractivity contribution in [3.05, 3.63) is 52.5 Å². The Morgan fingerprint density at radius 3 is 2.64 bits per heavy atom. The summed E-state index contributed by atoms with van der Waals surface area (Å²) in [5, 5.41) is 11.3. The fraction of sp³-hybridized carbons (Fsp3) is 0.450. The average Bonchev–Trinajstić information content (AvgIpc) is 3.20. The molecule has 0 aliphatic carbocycles. The minimum absolute atomic E-state index is 0. The lowest BCUT2D eigenvalue weighted by Crippen LogP contribution is -2.48. The zero-order valence-corrected chi connectivity index (χ0v) is 20.0. The van der Waals surface area contributed by atoms with Crippen LogP contribution in [0.3, 0.4) is 0 Å². The van der Waals surface area contributed by atoms with E-state index in [1.165, 1.54) is 17.7 Å². The summed E-state index contributed by atoms with van der Waals surface area (Å²) in [6.45, 7) is 4.11. The highest BCUT2D eigenvalue weighted by atomic mass is 127. The number of hydrogen-bond donors (Lipinski definition) is 2. The van der Waals surface area contributed by atoms with E-state index in [-0.39, 0.29) is 29.8 Å². The number of piperidine rings is 1. The van der Waals surface area contributed by atoms with E-state index in [1.807, 2.05) is 19.2 Å². The Morgan fingerprint density at radius 2 is 2.00 bits per heavy atom. The summed E-state index contributed by atoms with van der Waals surface area (Å²) in [6.07, 6.45) is 2.27. The third kappa shape index (κ3) is 7.88. The van der Waals surface area contributed by atoms with Crippen molar-refractivity contribution in [2.75, 3.05) is 32.4 Å². The Morgan fingerprint density at radius 1 is 1.25 bits per heavy atom. The van der Waals surface area contributed by atoms with Crippen LogP contribution in [0.25, 0.3) is 0 Å². The molecule has 1 fully saturated rings. The molecule has 3 rings (SSSR count). The van der Waals surface area contributed by atoms with E-state index in [1.54, 1.807) is 23.1 Å². The highest BCUT2D eigenvalue weighted by Gasteiger charge is 2.20. The monoisotopic (exact) mass is 534 g/mol. The van der Waals surface area contributed by atoms with Gasteiger partial charge in [0.05, 0.1) is 0 Å². The van der Waals surface area contributed by atoms with Crippen LogP contribution in [0.15, 0.2) is 51.0 Å². The van der Waals surface area contributed by atoms with Gasteiger partial charge in [0.25, 0.3) is 0 Å². The number of nitrogens with zero attached hydrogens (tertiary/aromatic N) is 2. The first kappa shape index (κ1) is 23.4. The molecule has 0 bridgehead atoms. The third-order valence-corrected chi connectivity index (χ3v) is 6.36. The minimum atomic E-state index is -0.191. The van der Waals surface area contributed by atoms with Gasteiger partial charge in [-0.3, -0.25) is 9.89 Å². The summed E-state index contributed by atoms with van der Waals surface area (Å²) in [6, 6.07) is 9.32. The Labute approximate surface area is 192 Å². The molecule has 28 heavy (non-hydrogen) atoms. The highest BCUT2D eigenvalue weighted by molar-refractivity contribution is 14.0. The maximum absolute atomic E-state index is 12.9. The quantitative estimate of drug-likeness (QED) is 0.181. The van der Waals surface area contributed by atoms with Crippen LogP contribution in [-0.2, 0) is 6.54 Å². The average molecular weight is 535 g/mol. The van der Waals surface area contributed by atoms with Gasteiger partial charge in [0.1, 0.15) is 5.82 Å². The van der Waals surface area contributed by atoms with Crippen molar-refractivity contribution in [1.29, 1.82) is 0 Å². The largest absolute Gasteiger partial charge is 0.356 e. The van der Waals surface area contributed by atoms with Crippen LogP contribution in [0.5, 0.6) is 0 Å². The first-order valence-electron chi connectivity index (χ1n) is 9.32. The van der Waals surface area contributed by atoms with Crippen LogP contribution in [0.2, 0.25) is 0 Å². The van der Waals surface area contributed by atoms with E-state index in [2.05, 4.69) is 37.4 Å². The van der Waals surface area contributed by atoms with Gasteiger partial charge < -0.3 is 10.6 Å². The van der Waals surface area contributed by atoms with Gasteiger partial charge in [0.15, 0.2) is 5.96 Å². The Kier molecular flexibility index (Phi) is 10.6. The molecule has 2 aromatic rings. The van der Waals surface area contributed by atoms with E-state index in [4.69, 9.17) is 0 Å². The molecule has 4 nitrogen and oxygen atoms in total. The molecule has 154 valence electrons. The molecule has 8 heteroatoms. The van der Waals surface area contributed by atoms with Crippen LogP contribution < -0.4 is 10.6 Å². The molecule has 1 aliphatic rings. The maximum atomic E-state index is 12.9. The molecule has 0 spiro atoms. The molecule has 0 amide bonds. The zero-order chi connectivity index (χ0) is 18.9. The Balaban J connectivity index is 0.00000280. The van der Waals surface area contributed by atoms with Gasteiger partial charge in [-0.1, -0.05) is 0 Å². The van der Waals surface area contributed by atoms with Crippen LogP contribution in [-0.4, -0.2) is 49.3 Å². The number of rotatable bonds is 7. The number of guanidine groups is 1. The lowest BCUT2D eigenvalue weighted by Gasteiger charge is -2.32. The normalized spacial score (nSPS) is 15.9. The van der Waals surface area contributed by atoms with Crippen molar-refractivity contribution in [3.8, 4) is 0 Å². The fourth-order valence-corrected chi connectivity index (χ4v) is 4.56. The SMILES string of the molecule is CN=C(NCCSc1ccc(F)cc1)NC1CCN(Cc2ccsc2)CC1.I. The van der Waals surface area contributed by atoms with Crippen molar-refractivity contribution >= 4 is 53.0 Å². The minimum Gasteiger partial charge on any atom is -0.356 e. The highest BCUT2D eigenvalue weighted by Crippen LogP contribution is 2.17. The summed E-state index contributed by atoms with van der Waals surface area (Å²) in [5.74, 6) is 1.58. The van der Waals surface area contributed by atoms with Crippen molar-refractivity contribution in [2.45, 2.75) is 30.3 Å². The van der Waals surface area contributed by atoms with Gasteiger partial charge in [-0.05, 0) is 59.5 Å². The summed E-state index contributed by atoms with van der Waals surface area (Å²) in [7, 11) is 1.81. The van der Waals surface area contributed by atoms with Crippen molar-refractivity contribution in [1.82, 2.24) is 15.5 Å². The molecule has 1 aromatic carbocycles. The van der Waals surface area contributed by atoms with E-state index in [9.17, 15) is 4.39 Å². The van der Waals surface area contributed by atoms with Gasteiger partial charge in [-0.15, -0.1) is 35.7 Å². The van der Waals surface area contributed by atoms with Gasteiger partial charge >= 0.3 is 0 Å². The van der Waals surface area contributed by atoms with Crippen LogP contribution in [0, 0.1) is 5.82 Å². The summed E-state index contributed by atoms with van der Waals surface area (Å²) < 4.78 is 12.9. The number of benzene rings is 1. The van der Waals surface area contributed by atoms with Gasteiger partial charge in [-0.2, -0.15) is 11.3 Å². The van der Waals surface area contributed by atoms with E-state index in [0.29, 0.717) is 6.04 Å². The van der Waals surface area contributed by atoms with E-state index >= 15 is 0 Å². The fourth-order valence-electron chi connectivity index (χ4n) is 3.13. The number of hydrogen-bond acceptors (Lipinski definition) is 4. The molecular weight excluding hydrogens is 506 g/mol. The summed E-state index contributed by atoms with van der Waals surface area (Å²) in [4.78, 5) is 7.95. The molecule has 0 unspecified atom stereocenters. The zero-order valence-electron chi connectivity index (χ0n) is 16.1. The Bertz CT molecular complexity index is 702. The molecule has 1 saturated heterocycles. The van der Waals surface area contributed by atoms with Crippen LogP contribution in [0.1, 0.15) is 18.4 Å². The Hall–Kier alpha value is -0.840. The van der Waals surface area contributed by atoms with Crippen molar-refractivity contribution in [2.24, 2.45) is 4.99 Å². The molecule has 1 aromatic heterocycles. The maximum Gasteiger partial charge on any atom is 0.191 e. The second kappa shape index (κ2) is 12.7. The number of likely N-dealkylation sites (tertiary alicyclic amines) is 1. The van der Waals surface area contributed by atoms with Crippen LogP contribution >= 0.6 is 47.1 Å². The number of thioether (sulfide) groups is 1. The van der Waals surface area contributed by atoms with Crippen molar-refractivity contribution in [3.63, 3.8) is 0 Å². The van der Waals surface area contributed by atoms with E-state index in [0.717, 1.165) is 55.6 Å². The number of aliphatic imine (C=N–C) groups is 1. The molecule has 0 atom stereocenters. The van der Waals surface area contributed by atoms with Gasteiger partial charge in [-0.25, -0.2) is 4.39 Å². The third-order valence-electron chi connectivity index (χ3n) is 4.62. The topological polar surface area (TPSA) is 39.7 Å². The first-order valence-corrected chi connectivity index (χ1v) is 11.2. The predicted octanol–water partition coefficient (Wildman–Crippen LogP) is 4.43. The van der Waals surface area contributed by atoms with Gasteiger partial charge in [0, 0.05) is 49.9 Å². The summed E-state index contributed by atoms with van der Waals surface area (Å²) >= 11 is 3.48. The molecular formula is C20H28FIN4S2. The molecule has 1 aliphatic heterocycles. The summed E-state index contributed by atoms with van der Waals surface area (Å²) in [5.41, 5.74) is 1.42. The lowest BCUT2D eigenvalue weighted by molar-refractivity contribution is 0.198. The molecule has 2 N–H and O–H groups in total. The number of nitrogens with one attached hydrogen (secondary N) is 2. The number of thiophene rings is 1. The molecule has 0 radical (unpaired) electrons. The van der Waals surface area contributed by atoms with Gasteiger partial charge in [0.2, 0.25) is 0 Å². The second-order valence-corrected chi connectivity index (χ2v) is 8.58. The first-order chi connectivity index (χ1) is 13.2.